The number of hydrogen-bond acceptors (Lipinski definition) is 2. The van der Waals surface area contributed by atoms with E-state index in [1.165, 1.54) is 0 Å². The van der Waals surface area contributed by atoms with Gasteiger partial charge in [-0.3, -0.25) is 0 Å². The smallest absolute Gasteiger partial charge is 0.210 e. The highest BCUT2D eigenvalue weighted by atomic mass is 32.2. The van der Waals surface area contributed by atoms with Gasteiger partial charge in [-0.25, -0.2) is 13.1 Å². The van der Waals surface area contributed by atoms with Gasteiger partial charge in [0.25, 0.3) is 10.0 Å². The third-order valence-corrected chi connectivity index (χ3v) is 2.11. The molecular formula is C6H9F2NO2S. The fourth-order valence-corrected chi connectivity index (χ4v) is 1.02. The predicted octanol–water partition coefficient (Wildman–Crippen LogP) is 0.542. The summed E-state index contributed by atoms with van der Waals surface area (Å²) in [7, 11) is -4.43. The second-order valence-electron chi connectivity index (χ2n) is 2.01. The lowest BCUT2D eigenvalue weighted by Crippen LogP contribution is -2.30. The van der Waals surface area contributed by atoms with E-state index in [2.05, 4.69) is 5.92 Å². The maximum absolute atomic E-state index is 11.6. The Morgan fingerprint density at radius 3 is 2.50 bits per heavy atom. The second kappa shape index (κ2) is 5.06. The Morgan fingerprint density at radius 2 is 2.08 bits per heavy atom. The van der Waals surface area contributed by atoms with Crippen LogP contribution in [-0.2, 0) is 10.0 Å². The van der Waals surface area contributed by atoms with Crippen molar-refractivity contribution in [2.75, 3.05) is 6.54 Å². The van der Waals surface area contributed by atoms with Crippen molar-refractivity contribution in [1.29, 1.82) is 0 Å². The lowest BCUT2D eigenvalue weighted by atomic mass is 10.3. The first-order chi connectivity index (χ1) is 5.50. The molecule has 12 heavy (non-hydrogen) atoms. The molecule has 0 heterocycles. The third kappa shape index (κ3) is 4.26. The zero-order chi connectivity index (χ0) is 9.61. The molecule has 0 aliphatic rings. The van der Waals surface area contributed by atoms with Crippen LogP contribution in [0.15, 0.2) is 0 Å². The molecule has 0 rings (SSSR count). The number of rotatable bonds is 5. The molecule has 0 aromatic rings. The Hall–Kier alpha value is -0.670. The molecule has 0 aliphatic carbocycles. The molecule has 0 bridgehead atoms. The van der Waals surface area contributed by atoms with Gasteiger partial charge in [-0.1, -0.05) is 0 Å². The minimum absolute atomic E-state index is 0.0448. The van der Waals surface area contributed by atoms with Crippen LogP contribution in [-0.4, -0.2) is 20.7 Å². The molecule has 0 aromatic carbocycles. The Labute approximate surface area is 70.2 Å². The minimum atomic E-state index is -4.43. The number of nitrogens with one attached hydrogen (secondary N) is 1. The fourth-order valence-electron chi connectivity index (χ4n) is 0.468. The zero-order valence-electron chi connectivity index (χ0n) is 6.26. The highest BCUT2D eigenvalue weighted by Crippen LogP contribution is 2.01. The predicted molar refractivity (Wildman–Crippen MR) is 41.0 cm³/mol. The van der Waals surface area contributed by atoms with Gasteiger partial charge in [-0.15, -0.1) is 12.3 Å². The molecule has 0 radical (unpaired) electrons. The Bertz CT molecular complexity index is 255. The van der Waals surface area contributed by atoms with Crippen molar-refractivity contribution in [1.82, 2.24) is 4.72 Å². The minimum Gasteiger partial charge on any atom is -0.210 e. The van der Waals surface area contributed by atoms with Crippen LogP contribution in [0.25, 0.3) is 0 Å². The van der Waals surface area contributed by atoms with Crippen molar-refractivity contribution in [3.63, 3.8) is 0 Å². The van der Waals surface area contributed by atoms with E-state index in [-0.39, 0.29) is 6.54 Å². The van der Waals surface area contributed by atoms with Crippen molar-refractivity contribution in [2.45, 2.75) is 18.6 Å². The van der Waals surface area contributed by atoms with Crippen molar-refractivity contribution in [2.24, 2.45) is 0 Å². The Morgan fingerprint density at radius 1 is 1.50 bits per heavy atom. The number of alkyl halides is 2. The van der Waals surface area contributed by atoms with Gasteiger partial charge in [0, 0.05) is 13.0 Å². The van der Waals surface area contributed by atoms with E-state index in [0.717, 1.165) is 0 Å². The maximum Gasteiger partial charge on any atom is 0.350 e. The summed E-state index contributed by atoms with van der Waals surface area (Å²) in [6, 6.07) is 0. The van der Waals surface area contributed by atoms with Gasteiger partial charge in [-0.05, 0) is 6.42 Å². The van der Waals surface area contributed by atoms with Gasteiger partial charge in [0.05, 0.1) is 0 Å². The summed E-state index contributed by atoms with van der Waals surface area (Å²) in [6.45, 7) is -0.0448. The van der Waals surface area contributed by atoms with Crippen LogP contribution < -0.4 is 4.72 Å². The summed E-state index contributed by atoms with van der Waals surface area (Å²) in [4.78, 5) is 0. The largest absolute Gasteiger partial charge is 0.350 e. The molecule has 0 atom stereocenters. The van der Waals surface area contributed by atoms with Crippen LogP contribution in [0, 0.1) is 12.3 Å². The van der Waals surface area contributed by atoms with E-state index in [9.17, 15) is 17.2 Å². The molecular weight excluding hydrogens is 188 g/mol. The molecule has 0 unspecified atom stereocenters. The van der Waals surface area contributed by atoms with E-state index < -0.39 is 15.8 Å². The maximum atomic E-state index is 11.6. The Kier molecular flexibility index (Phi) is 4.78. The van der Waals surface area contributed by atoms with Crippen molar-refractivity contribution >= 4 is 10.0 Å². The van der Waals surface area contributed by atoms with E-state index in [0.29, 0.717) is 12.8 Å². The zero-order valence-corrected chi connectivity index (χ0v) is 7.07. The van der Waals surface area contributed by atoms with E-state index in [4.69, 9.17) is 6.42 Å². The molecule has 0 spiro atoms. The molecule has 6 heteroatoms. The number of terminal acetylenes is 1. The summed E-state index contributed by atoms with van der Waals surface area (Å²) in [5.41, 5.74) is 0. The summed E-state index contributed by atoms with van der Waals surface area (Å²) < 4.78 is 45.7. The molecule has 0 amide bonds. The highest BCUT2D eigenvalue weighted by molar-refractivity contribution is 7.89. The van der Waals surface area contributed by atoms with Crippen molar-refractivity contribution in [3.05, 3.63) is 0 Å². The third-order valence-electron chi connectivity index (χ3n) is 1.04. The van der Waals surface area contributed by atoms with Gasteiger partial charge < -0.3 is 0 Å². The van der Waals surface area contributed by atoms with E-state index in [1.807, 2.05) is 0 Å². The summed E-state index contributed by atoms with van der Waals surface area (Å²) in [5.74, 6) is -1.11. The number of sulfonamides is 1. The van der Waals surface area contributed by atoms with Crippen molar-refractivity contribution < 1.29 is 17.2 Å². The van der Waals surface area contributed by atoms with E-state index in [1.54, 1.807) is 4.72 Å². The van der Waals surface area contributed by atoms with Gasteiger partial charge in [-0.2, -0.15) is 8.78 Å². The van der Waals surface area contributed by atoms with Crippen LogP contribution in [0.5, 0.6) is 0 Å². The number of hydrogen-bond donors (Lipinski definition) is 1. The first kappa shape index (κ1) is 11.3. The molecule has 0 fully saturated rings. The van der Waals surface area contributed by atoms with Gasteiger partial charge in [0.2, 0.25) is 0 Å². The van der Waals surface area contributed by atoms with Crippen LogP contribution in [0.4, 0.5) is 8.78 Å². The molecule has 3 nitrogen and oxygen atoms in total. The summed E-state index contributed by atoms with van der Waals surface area (Å²) >= 11 is 0. The fraction of sp³-hybridized carbons (Fsp3) is 0.667. The summed E-state index contributed by atoms with van der Waals surface area (Å²) in [6.07, 6.45) is 5.59. The highest BCUT2D eigenvalue weighted by Gasteiger charge is 2.22. The lowest BCUT2D eigenvalue weighted by molar-refractivity contribution is 0.232. The first-order valence-corrected chi connectivity index (χ1v) is 4.75. The van der Waals surface area contributed by atoms with Gasteiger partial charge in [0.1, 0.15) is 0 Å². The molecule has 70 valence electrons. The molecule has 0 aromatic heterocycles. The number of unbranched alkanes of at least 4 members (excludes halogenated alkanes) is 1. The topological polar surface area (TPSA) is 46.2 Å². The molecule has 0 saturated heterocycles. The second-order valence-corrected chi connectivity index (χ2v) is 3.74. The van der Waals surface area contributed by atoms with Crippen LogP contribution in [0.3, 0.4) is 0 Å². The molecule has 0 saturated carbocycles. The average molecular weight is 197 g/mol. The standard InChI is InChI=1S/C6H9F2NO2S/c1-2-3-4-5-9-12(10,11)6(7)8/h1,6,9H,3-5H2. The quantitative estimate of drug-likeness (QED) is 0.516. The van der Waals surface area contributed by atoms with Crippen LogP contribution in [0.1, 0.15) is 12.8 Å². The average Bonchev–Trinajstić information content (AvgIpc) is 1.98. The van der Waals surface area contributed by atoms with Crippen LogP contribution in [0.2, 0.25) is 0 Å². The SMILES string of the molecule is C#CCCCNS(=O)(=O)C(F)F. The Balaban J connectivity index is 3.72. The summed E-state index contributed by atoms with van der Waals surface area (Å²) in [5, 5.41) is 0. The van der Waals surface area contributed by atoms with Gasteiger partial charge >= 0.3 is 5.76 Å². The number of halogens is 2. The van der Waals surface area contributed by atoms with E-state index >= 15 is 0 Å². The van der Waals surface area contributed by atoms with Crippen molar-refractivity contribution in [3.8, 4) is 12.3 Å². The van der Waals surface area contributed by atoms with Crippen LogP contribution >= 0.6 is 0 Å². The monoisotopic (exact) mass is 197 g/mol. The normalized spacial score (nSPS) is 11.5. The molecule has 1 N–H and O–H groups in total. The lowest BCUT2D eigenvalue weighted by Gasteiger charge is -2.02. The first-order valence-electron chi connectivity index (χ1n) is 3.21. The van der Waals surface area contributed by atoms with Gasteiger partial charge in [0.15, 0.2) is 0 Å². The molecule has 0 aliphatic heterocycles.